The van der Waals surface area contributed by atoms with Crippen molar-refractivity contribution in [1.29, 1.82) is 10.7 Å². The highest BCUT2D eigenvalue weighted by Gasteiger charge is 2.07. The predicted octanol–water partition coefficient (Wildman–Crippen LogP) is 1.25. The fraction of sp³-hybridized carbons (Fsp3) is 0. The highest BCUT2D eigenvalue weighted by atomic mass is 15.1. The Labute approximate surface area is 109 Å². The van der Waals surface area contributed by atoms with E-state index >= 15 is 0 Å². The van der Waals surface area contributed by atoms with E-state index in [9.17, 15) is 0 Å². The van der Waals surface area contributed by atoms with Gasteiger partial charge in [0.1, 0.15) is 0 Å². The molecule has 7 heteroatoms. The van der Waals surface area contributed by atoms with Gasteiger partial charge in [0, 0.05) is 17.5 Å². The molecule has 19 heavy (non-hydrogen) atoms. The minimum absolute atomic E-state index is 0.0875. The quantitative estimate of drug-likeness (QED) is 0.607. The number of benzene rings is 1. The zero-order valence-electron chi connectivity index (χ0n) is 9.88. The summed E-state index contributed by atoms with van der Waals surface area (Å²) in [6, 6.07) is 6.93. The molecule has 7 nitrogen and oxygen atoms in total. The molecule has 0 amide bonds. The van der Waals surface area contributed by atoms with Crippen LogP contribution in [-0.4, -0.2) is 16.2 Å². The zero-order valence-corrected chi connectivity index (χ0v) is 9.88. The average molecular weight is 253 g/mol. The van der Waals surface area contributed by atoms with Gasteiger partial charge in [-0.05, 0) is 12.1 Å². The van der Waals surface area contributed by atoms with E-state index in [2.05, 4.69) is 15.3 Å². The van der Waals surface area contributed by atoms with E-state index in [0.29, 0.717) is 28.3 Å². The molecule has 0 aliphatic carbocycles. The summed E-state index contributed by atoms with van der Waals surface area (Å²) >= 11 is 0. The molecule has 0 aliphatic rings. The van der Waals surface area contributed by atoms with E-state index in [1.807, 2.05) is 6.07 Å². The molecule has 6 N–H and O–H groups in total. The van der Waals surface area contributed by atoms with Crippen LogP contribution in [0.3, 0.4) is 0 Å². The van der Waals surface area contributed by atoms with Crippen molar-refractivity contribution in [2.75, 3.05) is 16.8 Å². The zero-order chi connectivity index (χ0) is 13.8. The van der Waals surface area contributed by atoms with Crippen molar-refractivity contribution in [1.82, 2.24) is 9.97 Å². The van der Waals surface area contributed by atoms with Crippen LogP contribution in [0.4, 0.5) is 23.1 Å². The number of nitrogens with one attached hydrogen (secondary N) is 2. The molecule has 0 fully saturated rings. The minimum atomic E-state index is 0.0875. The topological polar surface area (TPSA) is 137 Å². The number of rotatable bonds is 3. The van der Waals surface area contributed by atoms with Crippen molar-refractivity contribution in [2.24, 2.45) is 0 Å². The van der Waals surface area contributed by atoms with Crippen molar-refractivity contribution in [3.05, 3.63) is 35.5 Å². The third-order valence-corrected chi connectivity index (χ3v) is 2.43. The number of anilines is 4. The highest BCUT2D eigenvalue weighted by molar-refractivity contribution is 5.88. The molecule has 0 aliphatic heterocycles. The van der Waals surface area contributed by atoms with Crippen LogP contribution >= 0.6 is 0 Å². The lowest BCUT2D eigenvalue weighted by Crippen LogP contribution is -2.05. The van der Waals surface area contributed by atoms with Crippen LogP contribution in [0.15, 0.2) is 24.4 Å². The normalized spacial score (nSPS) is 9.63. The summed E-state index contributed by atoms with van der Waals surface area (Å²) in [5.74, 6) is 0.426. The molecule has 0 spiro atoms. The van der Waals surface area contributed by atoms with Crippen LogP contribution < -0.4 is 16.8 Å². The molecule has 1 heterocycles. The van der Waals surface area contributed by atoms with Gasteiger partial charge in [0.25, 0.3) is 0 Å². The van der Waals surface area contributed by atoms with Crippen molar-refractivity contribution >= 4 is 29.4 Å². The fourth-order valence-corrected chi connectivity index (χ4v) is 1.49. The molecule has 0 saturated heterocycles. The number of hydrogen-bond donors (Lipinski definition) is 4. The predicted molar refractivity (Wildman–Crippen MR) is 73.2 cm³/mol. The average Bonchev–Trinajstić information content (AvgIpc) is 2.42. The molecule has 2 aromatic rings. The first-order valence-electron chi connectivity index (χ1n) is 5.33. The van der Waals surface area contributed by atoms with Gasteiger partial charge in [-0.3, -0.25) is 0 Å². The standard InChI is InChI=1S/C12H11N7/c13-4-7-1-2-8(5-14)10(3-7)18-11-9(15)6-17-12(16)19-11/h1-3,5-6,14H,15H2,(H3,16,17,18,19). The van der Waals surface area contributed by atoms with E-state index in [0.717, 1.165) is 0 Å². The Hall–Kier alpha value is -3.14. The van der Waals surface area contributed by atoms with Gasteiger partial charge >= 0.3 is 0 Å². The van der Waals surface area contributed by atoms with E-state index in [4.69, 9.17) is 22.1 Å². The Morgan fingerprint density at radius 2 is 2.16 bits per heavy atom. The molecule has 0 radical (unpaired) electrons. The van der Waals surface area contributed by atoms with Crippen LogP contribution in [0.5, 0.6) is 0 Å². The lowest BCUT2D eigenvalue weighted by molar-refractivity contribution is 1.19. The van der Waals surface area contributed by atoms with Crippen LogP contribution in [0.1, 0.15) is 11.1 Å². The smallest absolute Gasteiger partial charge is 0.222 e. The maximum absolute atomic E-state index is 8.89. The number of nitrogens with zero attached hydrogens (tertiary/aromatic N) is 3. The summed E-state index contributed by atoms with van der Waals surface area (Å²) < 4.78 is 0. The molecule has 1 aromatic heterocycles. The van der Waals surface area contributed by atoms with Crippen molar-refractivity contribution in [3.8, 4) is 6.07 Å². The molecule has 0 saturated carbocycles. The Bertz CT molecular complexity index is 672. The Morgan fingerprint density at radius 1 is 1.37 bits per heavy atom. The molecule has 0 atom stereocenters. The van der Waals surface area contributed by atoms with E-state index in [1.54, 1.807) is 18.2 Å². The van der Waals surface area contributed by atoms with Gasteiger partial charge in [-0.2, -0.15) is 10.2 Å². The lowest BCUT2D eigenvalue weighted by atomic mass is 10.1. The summed E-state index contributed by atoms with van der Waals surface area (Å²) in [4.78, 5) is 7.73. The molecule has 0 bridgehead atoms. The third-order valence-electron chi connectivity index (χ3n) is 2.43. The molecular weight excluding hydrogens is 242 g/mol. The van der Waals surface area contributed by atoms with Crippen molar-refractivity contribution in [2.45, 2.75) is 0 Å². The van der Waals surface area contributed by atoms with Crippen LogP contribution in [-0.2, 0) is 0 Å². The first kappa shape index (κ1) is 12.3. The van der Waals surface area contributed by atoms with Gasteiger partial charge in [0.05, 0.1) is 23.5 Å². The highest BCUT2D eigenvalue weighted by Crippen LogP contribution is 2.23. The minimum Gasteiger partial charge on any atom is -0.394 e. The van der Waals surface area contributed by atoms with Crippen molar-refractivity contribution in [3.63, 3.8) is 0 Å². The third kappa shape index (κ3) is 2.58. The van der Waals surface area contributed by atoms with Crippen LogP contribution in [0.2, 0.25) is 0 Å². The number of nitrogen functional groups attached to an aromatic ring is 2. The second-order valence-electron chi connectivity index (χ2n) is 3.72. The SMILES string of the molecule is N#Cc1ccc(C=N)c(Nc2nc(N)ncc2N)c1. The van der Waals surface area contributed by atoms with Crippen molar-refractivity contribution < 1.29 is 0 Å². The number of hydrogen-bond acceptors (Lipinski definition) is 7. The van der Waals surface area contributed by atoms with Crippen LogP contribution in [0, 0.1) is 16.7 Å². The van der Waals surface area contributed by atoms with Gasteiger partial charge in [-0.25, -0.2) is 4.98 Å². The second kappa shape index (κ2) is 5.01. The van der Waals surface area contributed by atoms with Gasteiger partial charge in [0.2, 0.25) is 5.95 Å². The number of nitrogens with two attached hydrogens (primary N) is 2. The molecule has 0 unspecified atom stereocenters. The number of nitriles is 1. The molecular formula is C12H11N7. The van der Waals surface area contributed by atoms with E-state index < -0.39 is 0 Å². The fourth-order valence-electron chi connectivity index (χ4n) is 1.49. The van der Waals surface area contributed by atoms with E-state index in [-0.39, 0.29) is 5.95 Å². The van der Waals surface area contributed by atoms with Gasteiger partial charge in [0.15, 0.2) is 5.82 Å². The summed E-state index contributed by atoms with van der Waals surface area (Å²) in [6.45, 7) is 0. The summed E-state index contributed by atoms with van der Waals surface area (Å²) in [5.41, 5.74) is 13.2. The van der Waals surface area contributed by atoms with Crippen LogP contribution in [0.25, 0.3) is 0 Å². The summed E-state index contributed by atoms with van der Waals surface area (Å²) in [5, 5.41) is 19.2. The Balaban J connectivity index is 2.45. The van der Waals surface area contributed by atoms with Gasteiger partial charge < -0.3 is 22.2 Å². The lowest BCUT2D eigenvalue weighted by Gasteiger charge is -2.11. The molecule has 1 aromatic carbocycles. The van der Waals surface area contributed by atoms with Gasteiger partial charge in [-0.1, -0.05) is 6.07 Å². The number of aromatic nitrogens is 2. The molecule has 2 rings (SSSR count). The Kier molecular flexibility index (Phi) is 3.25. The Morgan fingerprint density at radius 3 is 2.84 bits per heavy atom. The van der Waals surface area contributed by atoms with Gasteiger partial charge in [-0.15, -0.1) is 0 Å². The van der Waals surface area contributed by atoms with E-state index in [1.165, 1.54) is 12.4 Å². The first-order valence-corrected chi connectivity index (χ1v) is 5.33. The first-order chi connectivity index (χ1) is 9.13. The maximum Gasteiger partial charge on any atom is 0.222 e. The largest absolute Gasteiger partial charge is 0.394 e. The molecule has 94 valence electrons. The summed E-state index contributed by atoms with van der Waals surface area (Å²) in [6.07, 6.45) is 2.56. The summed E-state index contributed by atoms with van der Waals surface area (Å²) in [7, 11) is 0. The monoisotopic (exact) mass is 253 g/mol. The second-order valence-corrected chi connectivity index (χ2v) is 3.72. The maximum atomic E-state index is 8.89.